The van der Waals surface area contributed by atoms with E-state index in [1.165, 1.54) is 0 Å². The van der Waals surface area contributed by atoms with E-state index in [-0.39, 0.29) is 12.1 Å². The summed E-state index contributed by atoms with van der Waals surface area (Å²) in [6.07, 6.45) is 3.31. The van der Waals surface area contributed by atoms with E-state index in [1.54, 1.807) is 11.1 Å². The SMILES string of the molecule is CC(C)(C)OC(=O)N1CCOCC(n2cccn2)C1. The number of rotatable bonds is 1. The molecule has 0 aliphatic carbocycles. The Hall–Kier alpha value is -1.56. The molecule has 1 unspecified atom stereocenters. The van der Waals surface area contributed by atoms with Gasteiger partial charge in [-0.1, -0.05) is 0 Å². The van der Waals surface area contributed by atoms with Gasteiger partial charge in [-0.3, -0.25) is 4.68 Å². The van der Waals surface area contributed by atoms with Crippen LogP contribution in [0.5, 0.6) is 0 Å². The summed E-state index contributed by atoms with van der Waals surface area (Å²) in [5.41, 5.74) is -0.481. The van der Waals surface area contributed by atoms with Gasteiger partial charge in [-0.2, -0.15) is 5.10 Å². The molecule has 0 N–H and O–H groups in total. The van der Waals surface area contributed by atoms with Crippen molar-refractivity contribution in [2.45, 2.75) is 32.4 Å². The van der Waals surface area contributed by atoms with Crippen LogP contribution >= 0.6 is 0 Å². The number of hydrogen-bond acceptors (Lipinski definition) is 4. The standard InChI is InChI=1S/C13H21N3O3/c1-13(2,3)19-12(17)15-7-8-18-10-11(9-15)16-6-4-5-14-16/h4-6,11H,7-10H2,1-3H3. The maximum absolute atomic E-state index is 12.1. The van der Waals surface area contributed by atoms with Crippen molar-refractivity contribution in [1.29, 1.82) is 0 Å². The summed E-state index contributed by atoms with van der Waals surface area (Å²) in [6.45, 7) is 7.78. The Morgan fingerprint density at radius 1 is 1.47 bits per heavy atom. The Labute approximate surface area is 113 Å². The molecular weight excluding hydrogens is 246 g/mol. The van der Waals surface area contributed by atoms with Crippen molar-refractivity contribution in [2.75, 3.05) is 26.3 Å². The van der Waals surface area contributed by atoms with Gasteiger partial charge in [-0.05, 0) is 26.8 Å². The van der Waals surface area contributed by atoms with Crippen LogP contribution < -0.4 is 0 Å². The second kappa shape index (κ2) is 5.61. The quantitative estimate of drug-likeness (QED) is 0.777. The molecule has 2 rings (SSSR count). The van der Waals surface area contributed by atoms with Gasteiger partial charge in [0.25, 0.3) is 0 Å². The van der Waals surface area contributed by atoms with Crippen LogP contribution in [0.15, 0.2) is 18.5 Å². The molecule has 6 heteroatoms. The van der Waals surface area contributed by atoms with Crippen molar-refractivity contribution in [3.8, 4) is 0 Å². The Bertz CT molecular complexity index is 411. The predicted octanol–water partition coefficient (Wildman–Crippen LogP) is 1.69. The minimum absolute atomic E-state index is 0.0324. The molecule has 2 heterocycles. The smallest absolute Gasteiger partial charge is 0.410 e. The number of amides is 1. The molecule has 0 saturated carbocycles. The molecule has 106 valence electrons. The summed E-state index contributed by atoms with van der Waals surface area (Å²) < 4.78 is 12.8. The molecule has 1 aliphatic heterocycles. The fourth-order valence-electron chi connectivity index (χ4n) is 1.94. The minimum Gasteiger partial charge on any atom is -0.444 e. The van der Waals surface area contributed by atoms with E-state index in [1.807, 2.05) is 37.7 Å². The van der Waals surface area contributed by atoms with Gasteiger partial charge in [-0.25, -0.2) is 4.79 Å². The Morgan fingerprint density at radius 2 is 2.26 bits per heavy atom. The minimum atomic E-state index is -0.481. The monoisotopic (exact) mass is 267 g/mol. The zero-order chi connectivity index (χ0) is 13.9. The second-order valence-corrected chi connectivity index (χ2v) is 5.64. The molecule has 19 heavy (non-hydrogen) atoms. The van der Waals surface area contributed by atoms with Crippen LogP contribution in [0.3, 0.4) is 0 Å². The van der Waals surface area contributed by atoms with Gasteiger partial charge in [-0.15, -0.1) is 0 Å². The van der Waals surface area contributed by atoms with Gasteiger partial charge in [0.2, 0.25) is 0 Å². The van der Waals surface area contributed by atoms with E-state index in [4.69, 9.17) is 9.47 Å². The third-order valence-corrected chi connectivity index (χ3v) is 2.80. The van der Waals surface area contributed by atoms with E-state index < -0.39 is 5.60 Å². The number of nitrogens with zero attached hydrogens (tertiary/aromatic N) is 3. The van der Waals surface area contributed by atoms with Gasteiger partial charge in [0.15, 0.2) is 0 Å². The van der Waals surface area contributed by atoms with Crippen LogP contribution in [0.1, 0.15) is 26.8 Å². The van der Waals surface area contributed by atoms with Crippen LogP contribution in [0.2, 0.25) is 0 Å². The first-order valence-corrected chi connectivity index (χ1v) is 6.50. The normalized spacial score (nSPS) is 21.0. The largest absolute Gasteiger partial charge is 0.444 e. The van der Waals surface area contributed by atoms with Crippen LogP contribution in [0.25, 0.3) is 0 Å². The molecule has 1 aromatic rings. The molecule has 0 radical (unpaired) electrons. The maximum Gasteiger partial charge on any atom is 0.410 e. The van der Waals surface area contributed by atoms with Crippen molar-refractivity contribution in [3.05, 3.63) is 18.5 Å². The van der Waals surface area contributed by atoms with Crippen molar-refractivity contribution in [1.82, 2.24) is 14.7 Å². The van der Waals surface area contributed by atoms with Crippen LogP contribution in [-0.4, -0.2) is 52.7 Å². The first-order valence-electron chi connectivity index (χ1n) is 6.50. The van der Waals surface area contributed by atoms with Crippen LogP contribution in [-0.2, 0) is 9.47 Å². The van der Waals surface area contributed by atoms with Gasteiger partial charge >= 0.3 is 6.09 Å². The number of hydrogen-bond donors (Lipinski definition) is 0. The van der Waals surface area contributed by atoms with Gasteiger partial charge in [0, 0.05) is 25.5 Å². The van der Waals surface area contributed by atoms with Gasteiger partial charge in [0.05, 0.1) is 19.3 Å². The highest BCUT2D eigenvalue weighted by molar-refractivity contribution is 5.68. The molecule has 0 aromatic carbocycles. The number of ether oxygens (including phenoxy) is 2. The van der Waals surface area contributed by atoms with Crippen molar-refractivity contribution >= 4 is 6.09 Å². The third-order valence-electron chi connectivity index (χ3n) is 2.80. The Kier molecular flexibility index (Phi) is 4.09. The van der Waals surface area contributed by atoms with E-state index in [9.17, 15) is 4.79 Å². The lowest BCUT2D eigenvalue weighted by atomic mass is 10.2. The maximum atomic E-state index is 12.1. The van der Waals surface area contributed by atoms with Gasteiger partial charge < -0.3 is 14.4 Å². The molecule has 0 bridgehead atoms. The Balaban J connectivity index is 2.02. The van der Waals surface area contributed by atoms with E-state index in [2.05, 4.69) is 5.10 Å². The van der Waals surface area contributed by atoms with Crippen molar-refractivity contribution in [3.63, 3.8) is 0 Å². The summed E-state index contributed by atoms with van der Waals surface area (Å²) >= 11 is 0. The average Bonchev–Trinajstić information content (AvgIpc) is 2.71. The highest BCUT2D eigenvalue weighted by Crippen LogP contribution is 2.15. The highest BCUT2D eigenvalue weighted by atomic mass is 16.6. The van der Waals surface area contributed by atoms with E-state index >= 15 is 0 Å². The first-order chi connectivity index (χ1) is 8.96. The summed E-state index contributed by atoms with van der Waals surface area (Å²) in [6, 6.07) is 1.90. The second-order valence-electron chi connectivity index (χ2n) is 5.64. The average molecular weight is 267 g/mol. The predicted molar refractivity (Wildman–Crippen MR) is 69.9 cm³/mol. The third kappa shape index (κ3) is 3.96. The molecule has 1 saturated heterocycles. The molecule has 1 fully saturated rings. The lowest BCUT2D eigenvalue weighted by Crippen LogP contribution is -2.40. The molecule has 1 atom stereocenters. The molecule has 1 amide bonds. The summed E-state index contributed by atoms with van der Waals surface area (Å²) in [4.78, 5) is 13.8. The fourth-order valence-corrected chi connectivity index (χ4v) is 1.94. The highest BCUT2D eigenvalue weighted by Gasteiger charge is 2.27. The molecule has 6 nitrogen and oxygen atoms in total. The van der Waals surface area contributed by atoms with Crippen molar-refractivity contribution < 1.29 is 14.3 Å². The van der Waals surface area contributed by atoms with Gasteiger partial charge in [0.1, 0.15) is 5.60 Å². The summed E-state index contributed by atoms with van der Waals surface area (Å²) in [5.74, 6) is 0. The zero-order valence-corrected chi connectivity index (χ0v) is 11.7. The lowest BCUT2D eigenvalue weighted by Gasteiger charge is -2.27. The first kappa shape index (κ1) is 13.9. The lowest BCUT2D eigenvalue weighted by molar-refractivity contribution is 0.0234. The van der Waals surface area contributed by atoms with Crippen LogP contribution in [0, 0.1) is 0 Å². The van der Waals surface area contributed by atoms with E-state index in [0.29, 0.717) is 26.3 Å². The topological polar surface area (TPSA) is 56.6 Å². The van der Waals surface area contributed by atoms with E-state index in [0.717, 1.165) is 0 Å². The zero-order valence-electron chi connectivity index (χ0n) is 11.7. The fraction of sp³-hybridized carbons (Fsp3) is 0.692. The number of aromatic nitrogens is 2. The molecule has 1 aliphatic rings. The Morgan fingerprint density at radius 3 is 2.89 bits per heavy atom. The molecule has 1 aromatic heterocycles. The number of carbonyl (C=O) groups is 1. The molecular formula is C13H21N3O3. The summed E-state index contributed by atoms with van der Waals surface area (Å²) in [7, 11) is 0. The van der Waals surface area contributed by atoms with Crippen molar-refractivity contribution in [2.24, 2.45) is 0 Å². The van der Waals surface area contributed by atoms with Crippen LogP contribution in [0.4, 0.5) is 4.79 Å². The summed E-state index contributed by atoms with van der Waals surface area (Å²) in [5, 5.41) is 4.21. The number of carbonyl (C=O) groups excluding carboxylic acids is 1. The molecule has 0 spiro atoms.